The summed E-state index contributed by atoms with van der Waals surface area (Å²) in [5, 5.41) is 24.3. The van der Waals surface area contributed by atoms with Gasteiger partial charge >= 0.3 is 0 Å². The van der Waals surface area contributed by atoms with Crippen molar-refractivity contribution in [3.8, 4) is 17.2 Å². The first kappa shape index (κ1) is 21.4. The largest absolute Gasteiger partial charge is 0.508 e. The first-order valence-corrected chi connectivity index (χ1v) is 10.9. The van der Waals surface area contributed by atoms with Crippen molar-refractivity contribution in [3.05, 3.63) is 84.4 Å². The first-order chi connectivity index (χ1) is 15.7. The van der Waals surface area contributed by atoms with Gasteiger partial charge in [0.1, 0.15) is 16.7 Å². The van der Waals surface area contributed by atoms with E-state index in [9.17, 15) is 9.90 Å². The number of hydrogen-bond donors (Lipinski definition) is 2. The van der Waals surface area contributed by atoms with Crippen molar-refractivity contribution in [1.29, 1.82) is 0 Å². The van der Waals surface area contributed by atoms with Crippen molar-refractivity contribution in [3.63, 3.8) is 0 Å². The molecule has 3 aromatic carbocycles. The molecule has 0 aliphatic heterocycles. The van der Waals surface area contributed by atoms with Gasteiger partial charge in [0.2, 0.25) is 11.1 Å². The van der Waals surface area contributed by atoms with Crippen LogP contribution in [0.4, 0.5) is 5.69 Å². The van der Waals surface area contributed by atoms with Crippen LogP contribution in [0.15, 0.2) is 84.0 Å². The van der Waals surface area contributed by atoms with E-state index in [0.717, 1.165) is 5.56 Å². The van der Waals surface area contributed by atoms with Crippen LogP contribution >= 0.6 is 11.8 Å². The third-order valence-corrected chi connectivity index (χ3v) is 5.73. The number of para-hydroxylation sites is 2. The van der Waals surface area contributed by atoms with Gasteiger partial charge in [0.15, 0.2) is 0 Å². The van der Waals surface area contributed by atoms with Crippen molar-refractivity contribution in [2.75, 3.05) is 11.9 Å². The molecule has 0 spiro atoms. The molecule has 1 heterocycles. The van der Waals surface area contributed by atoms with Gasteiger partial charge < -0.3 is 15.2 Å². The predicted octanol–water partition coefficient (Wildman–Crippen LogP) is 4.24. The van der Waals surface area contributed by atoms with Gasteiger partial charge in [0, 0.05) is 0 Å². The van der Waals surface area contributed by atoms with Crippen LogP contribution in [0.25, 0.3) is 5.69 Å². The normalized spacial score (nSPS) is 11.7. The Balaban J connectivity index is 1.64. The molecule has 0 aliphatic rings. The molecule has 162 valence electrons. The number of nitrogens with zero attached hydrogens (tertiary/aromatic N) is 4. The van der Waals surface area contributed by atoms with E-state index in [-0.39, 0.29) is 11.7 Å². The van der Waals surface area contributed by atoms with Crippen LogP contribution in [0.1, 0.15) is 17.7 Å². The molecule has 4 rings (SSSR count). The number of carbonyl (C=O) groups is 1. The molecule has 1 atom stereocenters. The SMILES string of the molecule is CCOc1ccccc1NC(=O)[C@@H](Sc1nnnn1-c1ccc(O)cc1)c1ccccc1. The zero-order valence-corrected chi connectivity index (χ0v) is 18.1. The van der Waals surface area contributed by atoms with Crippen LogP contribution in [0.2, 0.25) is 0 Å². The highest BCUT2D eigenvalue weighted by Gasteiger charge is 2.26. The van der Waals surface area contributed by atoms with Crippen molar-refractivity contribution in [2.24, 2.45) is 0 Å². The molecular weight excluding hydrogens is 426 g/mol. The zero-order valence-electron chi connectivity index (χ0n) is 17.3. The molecule has 0 fully saturated rings. The lowest BCUT2D eigenvalue weighted by Gasteiger charge is -2.18. The number of anilines is 1. The summed E-state index contributed by atoms with van der Waals surface area (Å²) < 4.78 is 7.17. The van der Waals surface area contributed by atoms with E-state index < -0.39 is 5.25 Å². The quantitative estimate of drug-likeness (QED) is 0.390. The smallest absolute Gasteiger partial charge is 0.242 e. The molecule has 0 unspecified atom stereocenters. The summed E-state index contributed by atoms with van der Waals surface area (Å²) in [6.07, 6.45) is 0. The van der Waals surface area contributed by atoms with Gasteiger partial charge in [-0.1, -0.05) is 54.2 Å². The van der Waals surface area contributed by atoms with Crippen LogP contribution in [-0.4, -0.2) is 37.8 Å². The fraction of sp³-hybridized carbons (Fsp3) is 0.130. The van der Waals surface area contributed by atoms with Crippen LogP contribution < -0.4 is 10.1 Å². The Morgan fingerprint density at radius 1 is 1.06 bits per heavy atom. The van der Waals surface area contributed by atoms with Gasteiger partial charge in [-0.15, -0.1) is 5.10 Å². The predicted molar refractivity (Wildman–Crippen MR) is 122 cm³/mol. The van der Waals surface area contributed by atoms with E-state index >= 15 is 0 Å². The molecule has 0 bridgehead atoms. The first-order valence-electron chi connectivity index (χ1n) is 9.98. The summed E-state index contributed by atoms with van der Waals surface area (Å²) in [4.78, 5) is 13.4. The average Bonchev–Trinajstić information content (AvgIpc) is 3.28. The average molecular weight is 448 g/mol. The second kappa shape index (κ2) is 9.97. The molecule has 1 aromatic heterocycles. The second-order valence-electron chi connectivity index (χ2n) is 6.72. The number of carbonyl (C=O) groups excluding carboxylic acids is 1. The fourth-order valence-electron chi connectivity index (χ4n) is 3.06. The standard InChI is InChI=1S/C23H21N5O3S/c1-2-31-20-11-7-6-10-19(20)24-22(30)21(16-8-4-3-5-9-16)32-23-25-26-27-28(23)17-12-14-18(29)15-13-17/h3-15,21,29H,2H2,1H3,(H,24,30)/t21-/m0/s1. The van der Waals surface area contributed by atoms with Gasteiger partial charge in [-0.2, -0.15) is 4.68 Å². The molecule has 9 heteroatoms. The number of ether oxygens (including phenoxy) is 1. The number of thioether (sulfide) groups is 1. The summed E-state index contributed by atoms with van der Waals surface area (Å²) in [5.41, 5.74) is 2.08. The molecule has 0 aliphatic carbocycles. The van der Waals surface area contributed by atoms with Gasteiger partial charge in [-0.3, -0.25) is 4.79 Å². The minimum atomic E-state index is -0.618. The summed E-state index contributed by atoms with van der Waals surface area (Å²) in [7, 11) is 0. The van der Waals surface area contributed by atoms with Crippen molar-refractivity contribution >= 4 is 23.4 Å². The summed E-state index contributed by atoms with van der Waals surface area (Å²) in [6, 6.07) is 23.3. The highest BCUT2D eigenvalue weighted by Crippen LogP contribution is 2.36. The van der Waals surface area contributed by atoms with E-state index in [2.05, 4.69) is 20.8 Å². The number of aromatic hydroxyl groups is 1. The molecule has 0 radical (unpaired) electrons. The van der Waals surface area contributed by atoms with Gasteiger partial charge in [0.25, 0.3) is 0 Å². The van der Waals surface area contributed by atoms with Crippen molar-refractivity contribution in [1.82, 2.24) is 20.2 Å². The number of phenols is 1. The maximum absolute atomic E-state index is 13.4. The lowest BCUT2D eigenvalue weighted by molar-refractivity contribution is -0.115. The van der Waals surface area contributed by atoms with Crippen LogP contribution in [-0.2, 0) is 4.79 Å². The third-order valence-electron chi connectivity index (χ3n) is 4.54. The molecule has 0 saturated carbocycles. The number of hydrogen-bond acceptors (Lipinski definition) is 7. The van der Waals surface area contributed by atoms with E-state index in [0.29, 0.717) is 28.9 Å². The Labute approximate surface area is 189 Å². The Hall–Kier alpha value is -3.85. The Kier molecular flexibility index (Phi) is 6.66. The lowest BCUT2D eigenvalue weighted by Crippen LogP contribution is -2.20. The second-order valence-corrected chi connectivity index (χ2v) is 7.79. The summed E-state index contributed by atoms with van der Waals surface area (Å²) in [6.45, 7) is 2.38. The molecule has 1 amide bonds. The van der Waals surface area contributed by atoms with E-state index in [4.69, 9.17) is 4.74 Å². The fourth-order valence-corrected chi connectivity index (χ4v) is 4.06. The number of amides is 1. The Morgan fingerprint density at radius 3 is 2.53 bits per heavy atom. The lowest BCUT2D eigenvalue weighted by atomic mass is 10.1. The van der Waals surface area contributed by atoms with Crippen LogP contribution in [0.3, 0.4) is 0 Å². The van der Waals surface area contributed by atoms with E-state index in [1.807, 2.05) is 55.5 Å². The summed E-state index contributed by atoms with van der Waals surface area (Å²) >= 11 is 1.23. The van der Waals surface area contributed by atoms with Crippen molar-refractivity contribution in [2.45, 2.75) is 17.3 Å². The van der Waals surface area contributed by atoms with Gasteiger partial charge in [-0.25, -0.2) is 0 Å². The molecule has 0 saturated heterocycles. The number of aromatic nitrogens is 4. The molecule has 4 aromatic rings. The molecular formula is C23H21N5O3S. The van der Waals surface area contributed by atoms with E-state index in [1.54, 1.807) is 30.3 Å². The zero-order chi connectivity index (χ0) is 22.3. The third kappa shape index (κ3) is 4.89. The number of benzene rings is 3. The molecule has 8 nitrogen and oxygen atoms in total. The summed E-state index contributed by atoms with van der Waals surface area (Å²) in [5.74, 6) is 0.522. The Morgan fingerprint density at radius 2 is 1.78 bits per heavy atom. The molecule has 2 N–H and O–H groups in total. The highest BCUT2D eigenvalue weighted by atomic mass is 32.2. The highest BCUT2D eigenvalue weighted by molar-refractivity contribution is 8.00. The maximum Gasteiger partial charge on any atom is 0.242 e. The number of nitrogens with one attached hydrogen (secondary N) is 1. The van der Waals surface area contributed by atoms with Gasteiger partial charge in [-0.05, 0) is 59.3 Å². The minimum Gasteiger partial charge on any atom is -0.508 e. The van der Waals surface area contributed by atoms with Gasteiger partial charge in [0.05, 0.1) is 18.0 Å². The Bertz CT molecular complexity index is 1180. The van der Waals surface area contributed by atoms with Crippen LogP contribution in [0.5, 0.6) is 11.5 Å². The monoisotopic (exact) mass is 447 g/mol. The topological polar surface area (TPSA) is 102 Å². The maximum atomic E-state index is 13.4. The molecule has 32 heavy (non-hydrogen) atoms. The van der Waals surface area contributed by atoms with Crippen LogP contribution in [0, 0.1) is 0 Å². The minimum absolute atomic E-state index is 0.144. The number of rotatable bonds is 8. The number of phenolic OH excluding ortho intramolecular Hbond substituents is 1. The van der Waals surface area contributed by atoms with Crippen molar-refractivity contribution < 1.29 is 14.6 Å². The number of tetrazole rings is 1. The van der Waals surface area contributed by atoms with E-state index in [1.165, 1.54) is 16.4 Å².